The lowest BCUT2D eigenvalue weighted by molar-refractivity contribution is -0.385. The number of pyridine rings is 1. The molecule has 1 aromatic carbocycles. The van der Waals surface area contributed by atoms with E-state index in [9.17, 15) is 23.7 Å². The van der Waals surface area contributed by atoms with E-state index in [-0.39, 0.29) is 42.4 Å². The van der Waals surface area contributed by atoms with Crippen LogP contribution < -0.4 is 15.4 Å². The number of hydrogen-bond acceptors (Lipinski definition) is 6. The Morgan fingerprint density at radius 3 is 2.78 bits per heavy atom. The van der Waals surface area contributed by atoms with E-state index in [2.05, 4.69) is 20.4 Å². The zero-order chi connectivity index (χ0) is 19.6. The molecule has 0 radical (unpaired) electrons. The summed E-state index contributed by atoms with van der Waals surface area (Å²) >= 11 is 0. The average Bonchev–Trinajstić information content (AvgIpc) is 2.65. The van der Waals surface area contributed by atoms with Crippen LogP contribution in [0, 0.1) is 10.1 Å². The minimum atomic E-state index is -3.04. The highest BCUT2D eigenvalue weighted by Crippen LogP contribution is 2.25. The molecule has 2 N–H and O–H groups in total. The molecule has 0 aliphatic carbocycles. The molecule has 0 aliphatic rings. The molecule has 8 nitrogen and oxygen atoms in total. The number of nitro benzene ring substituents is 1. The SMILES string of the molecule is O=C(CCNCc1cc([N+](=O)[O-])ccc1OC(F)F)NCc1cccnc1. The number of benzene rings is 1. The van der Waals surface area contributed by atoms with Crippen molar-refractivity contribution < 1.29 is 23.2 Å². The first-order valence-electron chi connectivity index (χ1n) is 8.04. The third-order valence-corrected chi connectivity index (χ3v) is 3.53. The van der Waals surface area contributed by atoms with Crippen LogP contribution in [0.15, 0.2) is 42.7 Å². The van der Waals surface area contributed by atoms with Crippen LogP contribution >= 0.6 is 0 Å². The third kappa shape index (κ3) is 6.94. The molecule has 10 heteroatoms. The molecule has 1 heterocycles. The van der Waals surface area contributed by atoms with Crippen molar-refractivity contribution in [2.45, 2.75) is 26.1 Å². The first-order chi connectivity index (χ1) is 13.0. The number of ether oxygens (including phenoxy) is 1. The Kier molecular flexibility index (Phi) is 7.56. The zero-order valence-electron chi connectivity index (χ0n) is 14.2. The number of amides is 1. The smallest absolute Gasteiger partial charge is 0.387 e. The van der Waals surface area contributed by atoms with Gasteiger partial charge in [-0.15, -0.1) is 0 Å². The second kappa shape index (κ2) is 10.1. The van der Waals surface area contributed by atoms with Crippen molar-refractivity contribution in [2.24, 2.45) is 0 Å². The van der Waals surface area contributed by atoms with Gasteiger partial charge in [0.1, 0.15) is 5.75 Å². The molecule has 1 aromatic heterocycles. The number of rotatable bonds is 10. The fourth-order valence-electron chi connectivity index (χ4n) is 2.25. The summed E-state index contributed by atoms with van der Waals surface area (Å²) in [7, 11) is 0. The summed E-state index contributed by atoms with van der Waals surface area (Å²) in [6.45, 7) is -2.39. The van der Waals surface area contributed by atoms with Crippen molar-refractivity contribution in [3.05, 3.63) is 64.0 Å². The van der Waals surface area contributed by atoms with E-state index in [0.29, 0.717) is 6.54 Å². The lowest BCUT2D eigenvalue weighted by Gasteiger charge is -2.11. The van der Waals surface area contributed by atoms with E-state index in [1.807, 2.05) is 6.07 Å². The zero-order valence-corrected chi connectivity index (χ0v) is 14.2. The summed E-state index contributed by atoms with van der Waals surface area (Å²) < 4.78 is 29.3. The number of carbonyl (C=O) groups excluding carboxylic acids is 1. The summed E-state index contributed by atoms with van der Waals surface area (Å²) in [4.78, 5) is 26.0. The number of carbonyl (C=O) groups is 1. The number of nitrogens with one attached hydrogen (secondary N) is 2. The Hall–Kier alpha value is -3.14. The van der Waals surface area contributed by atoms with Gasteiger partial charge in [0.25, 0.3) is 5.69 Å². The molecule has 2 rings (SSSR count). The number of alkyl halides is 2. The molecule has 0 aliphatic heterocycles. The molecule has 2 aromatic rings. The van der Waals surface area contributed by atoms with Crippen LogP contribution in [0.2, 0.25) is 0 Å². The Bertz CT molecular complexity index is 775. The van der Waals surface area contributed by atoms with Gasteiger partial charge in [0.2, 0.25) is 5.91 Å². The predicted octanol–water partition coefficient (Wildman–Crippen LogP) is 2.39. The van der Waals surface area contributed by atoms with Gasteiger partial charge in [0, 0.05) is 56.1 Å². The van der Waals surface area contributed by atoms with E-state index in [4.69, 9.17) is 0 Å². The first-order valence-corrected chi connectivity index (χ1v) is 8.04. The fraction of sp³-hybridized carbons (Fsp3) is 0.294. The van der Waals surface area contributed by atoms with Crippen LogP contribution in [0.4, 0.5) is 14.5 Å². The van der Waals surface area contributed by atoms with Crippen molar-refractivity contribution in [2.75, 3.05) is 6.54 Å². The van der Waals surface area contributed by atoms with Gasteiger partial charge in [-0.1, -0.05) is 6.07 Å². The van der Waals surface area contributed by atoms with Gasteiger partial charge in [-0.3, -0.25) is 19.9 Å². The average molecular weight is 380 g/mol. The van der Waals surface area contributed by atoms with E-state index >= 15 is 0 Å². The molecule has 0 spiro atoms. The molecule has 0 saturated heterocycles. The molecule has 27 heavy (non-hydrogen) atoms. The highest BCUT2D eigenvalue weighted by atomic mass is 19.3. The van der Waals surface area contributed by atoms with Crippen molar-refractivity contribution in [1.29, 1.82) is 0 Å². The van der Waals surface area contributed by atoms with Crippen LogP contribution in [0.25, 0.3) is 0 Å². The highest BCUT2D eigenvalue weighted by molar-refractivity contribution is 5.76. The number of halogens is 2. The van der Waals surface area contributed by atoms with Gasteiger partial charge < -0.3 is 15.4 Å². The van der Waals surface area contributed by atoms with E-state index in [1.165, 1.54) is 0 Å². The van der Waals surface area contributed by atoms with Gasteiger partial charge >= 0.3 is 6.61 Å². The maximum absolute atomic E-state index is 12.4. The van der Waals surface area contributed by atoms with E-state index in [1.54, 1.807) is 18.5 Å². The monoisotopic (exact) mass is 380 g/mol. The van der Waals surface area contributed by atoms with Crippen molar-refractivity contribution in [3.63, 3.8) is 0 Å². The largest absolute Gasteiger partial charge is 0.434 e. The molecule has 0 bridgehead atoms. The number of aromatic nitrogens is 1. The standard InChI is InChI=1S/C17H18F2N4O4/c18-17(19)27-15-4-3-14(23(25)26)8-13(15)11-21-7-5-16(24)22-10-12-2-1-6-20-9-12/h1-4,6,8-9,17,21H,5,7,10-11H2,(H,22,24). The minimum Gasteiger partial charge on any atom is -0.434 e. The molecule has 1 amide bonds. The lowest BCUT2D eigenvalue weighted by Crippen LogP contribution is -2.27. The highest BCUT2D eigenvalue weighted by Gasteiger charge is 2.14. The molecular weight excluding hydrogens is 362 g/mol. The van der Waals surface area contributed by atoms with Crippen molar-refractivity contribution >= 4 is 11.6 Å². The van der Waals surface area contributed by atoms with Gasteiger partial charge in [-0.05, 0) is 17.7 Å². The second-order valence-corrected chi connectivity index (χ2v) is 5.49. The Balaban J connectivity index is 1.82. The van der Waals surface area contributed by atoms with Crippen molar-refractivity contribution in [3.8, 4) is 5.75 Å². The van der Waals surface area contributed by atoms with Crippen LogP contribution in [-0.4, -0.2) is 29.0 Å². The minimum absolute atomic E-state index is 0.0413. The van der Waals surface area contributed by atoms with Gasteiger partial charge in [-0.25, -0.2) is 0 Å². The number of hydrogen-bond donors (Lipinski definition) is 2. The Morgan fingerprint density at radius 2 is 2.11 bits per heavy atom. The second-order valence-electron chi connectivity index (χ2n) is 5.49. The van der Waals surface area contributed by atoms with Gasteiger partial charge in [0.05, 0.1) is 4.92 Å². The fourth-order valence-corrected chi connectivity index (χ4v) is 2.25. The number of nitrogens with zero attached hydrogens (tertiary/aromatic N) is 2. The normalized spacial score (nSPS) is 10.6. The maximum atomic E-state index is 12.4. The maximum Gasteiger partial charge on any atom is 0.387 e. The summed E-state index contributed by atoms with van der Waals surface area (Å²) in [6.07, 6.45) is 3.43. The molecule has 0 unspecified atom stereocenters. The van der Waals surface area contributed by atoms with E-state index < -0.39 is 11.5 Å². The summed E-state index contributed by atoms with van der Waals surface area (Å²) in [5.74, 6) is -0.349. The van der Waals surface area contributed by atoms with E-state index in [0.717, 1.165) is 23.8 Å². The van der Waals surface area contributed by atoms with Crippen LogP contribution in [0.5, 0.6) is 5.75 Å². The molecule has 0 saturated carbocycles. The molecule has 0 atom stereocenters. The summed E-state index contributed by atoms with van der Waals surface area (Å²) in [5, 5.41) is 16.5. The number of nitro groups is 1. The third-order valence-electron chi connectivity index (χ3n) is 3.53. The van der Waals surface area contributed by atoms with Crippen molar-refractivity contribution in [1.82, 2.24) is 15.6 Å². The molecular formula is C17H18F2N4O4. The summed E-state index contributed by atoms with van der Waals surface area (Å²) in [5.41, 5.74) is 0.840. The summed E-state index contributed by atoms with van der Waals surface area (Å²) in [6, 6.07) is 6.97. The van der Waals surface area contributed by atoms with Gasteiger partial charge in [0.15, 0.2) is 0 Å². The van der Waals surface area contributed by atoms with Crippen LogP contribution in [0.1, 0.15) is 17.5 Å². The quantitative estimate of drug-likeness (QED) is 0.372. The van der Waals surface area contributed by atoms with Gasteiger partial charge in [-0.2, -0.15) is 8.78 Å². The Morgan fingerprint density at radius 1 is 1.30 bits per heavy atom. The van der Waals surface area contributed by atoms with Crippen LogP contribution in [-0.2, 0) is 17.9 Å². The van der Waals surface area contributed by atoms with Crippen LogP contribution in [0.3, 0.4) is 0 Å². The topological polar surface area (TPSA) is 106 Å². The predicted molar refractivity (Wildman–Crippen MR) is 92.1 cm³/mol. The lowest BCUT2D eigenvalue weighted by atomic mass is 10.1. The molecule has 0 fully saturated rings. The first kappa shape index (κ1) is 20.2. The molecule has 144 valence electrons. The Labute approximate surface area is 153 Å². The number of non-ortho nitro benzene ring substituents is 1.